The first kappa shape index (κ1) is 9.85. The molecular formula is C8H9NO3S. The van der Waals surface area contributed by atoms with E-state index >= 15 is 0 Å². The van der Waals surface area contributed by atoms with Gasteiger partial charge in [0, 0.05) is 0 Å². The number of aryl methyl sites for hydroxylation is 1. The van der Waals surface area contributed by atoms with E-state index in [1.807, 2.05) is 0 Å². The van der Waals surface area contributed by atoms with E-state index in [2.05, 4.69) is 4.98 Å². The Bertz CT molecular complexity index is 356. The fourth-order valence-corrected chi connectivity index (χ4v) is 1.91. The molecule has 1 aromatic rings. The Hall–Kier alpha value is -1.23. The van der Waals surface area contributed by atoms with Crippen molar-refractivity contribution in [3.8, 4) is 0 Å². The fraction of sp³-hybridized carbons (Fsp3) is 0.375. The Morgan fingerprint density at radius 2 is 2.15 bits per heavy atom. The van der Waals surface area contributed by atoms with Crippen LogP contribution >= 0.6 is 11.3 Å². The zero-order valence-electron chi connectivity index (χ0n) is 7.33. The molecule has 0 amide bonds. The number of hydrogen-bond acceptors (Lipinski definition) is 4. The Balaban J connectivity index is 2.95. The number of carboxylic acid groups (broad SMARTS) is 1. The molecule has 0 saturated heterocycles. The van der Waals surface area contributed by atoms with Crippen LogP contribution in [0.25, 0.3) is 0 Å². The lowest BCUT2D eigenvalue weighted by Gasteiger charge is -1.86. The van der Waals surface area contributed by atoms with Gasteiger partial charge in [-0.1, -0.05) is 0 Å². The van der Waals surface area contributed by atoms with Crippen molar-refractivity contribution < 1.29 is 14.7 Å². The first-order valence-corrected chi connectivity index (χ1v) is 4.51. The van der Waals surface area contributed by atoms with Crippen LogP contribution in [0.2, 0.25) is 0 Å². The van der Waals surface area contributed by atoms with Crippen LogP contribution in [0.15, 0.2) is 0 Å². The Morgan fingerprint density at radius 3 is 2.54 bits per heavy atom. The van der Waals surface area contributed by atoms with Gasteiger partial charge in [0.15, 0.2) is 0 Å². The molecule has 1 aromatic heterocycles. The zero-order chi connectivity index (χ0) is 10.0. The Morgan fingerprint density at radius 1 is 1.54 bits per heavy atom. The number of hydrogen-bond donors (Lipinski definition) is 1. The highest BCUT2D eigenvalue weighted by Gasteiger charge is 2.14. The molecule has 0 fully saturated rings. The number of nitrogens with zero attached hydrogens (tertiary/aromatic N) is 1. The van der Waals surface area contributed by atoms with Gasteiger partial charge in [-0.3, -0.25) is 4.79 Å². The lowest BCUT2D eigenvalue weighted by atomic mass is 10.3. The lowest BCUT2D eigenvalue weighted by molar-refractivity contribution is -0.116. The SMILES string of the molecule is CC(=O)Cc1nc(C)c(C(=O)O)s1. The molecule has 70 valence electrons. The molecule has 5 heteroatoms. The van der Waals surface area contributed by atoms with Gasteiger partial charge in [0.05, 0.1) is 12.1 Å². The average molecular weight is 199 g/mol. The van der Waals surface area contributed by atoms with Crippen LogP contribution in [0.5, 0.6) is 0 Å². The van der Waals surface area contributed by atoms with Gasteiger partial charge in [0.25, 0.3) is 0 Å². The molecule has 13 heavy (non-hydrogen) atoms. The maximum atomic E-state index is 10.7. The first-order chi connectivity index (χ1) is 6.00. The number of ketones is 1. The molecule has 0 spiro atoms. The highest BCUT2D eigenvalue weighted by atomic mass is 32.1. The molecule has 0 aromatic carbocycles. The molecule has 0 radical (unpaired) electrons. The third-order valence-corrected chi connectivity index (χ3v) is 2.58. The second-order valence-corrected chi connectivity index (χ2v) is 3.79. The van der Waals surface area contributed by atoms with Gasteiger partial charge < -0.3 is 5.11 Å². The number of Topliss-reactive ketones (excluding diaryl/α,β-unsaturated/α-hetero) is 1. The molecule has 0 aliphatic carbocycles. The molecule has 0 aliphatic rings. The molecule has 0 bridgehead atoms. The highest BCUT2D eigenvalue weighted by Crippen LogP contribution is 2.18. The predicted molar refractivity (Wildman–Crippen MR) is 48.2 cm³/mol. The molecule has 4 nitrogen and oxygen atoms in total. The minimum absolute atomic E-state index is 0.00862. The fourth-order valence-electron chi connectivity index (χ4n) is 0.939. The lowest BCUT2D eigenvalue weighted by Crippen LogP contribution is -1.95. The van der Waals surface area contributed by atoms with Crippen LogP contribution in [0.4, 0.5) is 0 Å². The number of aromatic nitrogens is 1. The summed E-state index contributed by atoms with van der Waals surface area (Å²) in [6.45, 7) is 3.08. The molecule has 0 aliphatic heterocycles. The molecular weight excluding hydrogens is 190 g/mol. The van der Waals surface area contributed by atoms with Crippen molar-refractivity contribution in [1.29, 1.82) is 0 Å². The molecule has 1 rings (SSSR count). The average Bonchev–Trinajstić information content (AvgIpc) is 2.29. The van der Waals surface area contributed by atoms with E-state index in [0.29, 0.717) is 10.7 Å². The summed E-state index contributed by atoms with van der Waals surface area (Å²) in [6, 6.07) is 0. The third-order valence-electron chi connectivity index (χ3n) is 1.44. The normalized spacial score (nSPS) is 10.0. The minimum Gasteiger partial charge on any atom is -0.477 e. The van der Waals surface area contributed by atoms with E-state index in [9.17, 15) is 9.59 Å². The topological polar surface area (TPSA) is 67.3 Å². The van der Waals surface area contributed by atoms with E-state index in [0.717, 1.165) is 11.3 Å². The number of thiazole rings is 1. The molecule has 0 unspecified atom stereocenters. The summed E-state index contributed by atoms with van der Waals surface area (Å²) < 4.78 is 0. The van der Waals surface area contributed by atoms with Gasteiger partial charge in [-0.25, -0.2) is 9.78 Å². The maximum Gasteiger partial charge on any atom is 0.347 e. The maximum absolute atomic E-state index is 10.7. The number of rotatable bonds is 3. The van der Waals surface area contributed by atoms with Crippen LogP contribution in [0.1, 0.15) is 27.3 Å². The number of carbonyl (C=O) groups is 2. The van der Waals surface area contributed by atoms with Gasteiger partial charge in [0.2, 0.25) is 0 Å². The minimum atomic E-state index is -0.982. The first-order valence-electron chi connectivity index (χ1n) is 3.69. The van der Waals surface area contributed by atoms with Gasteiger partial charge in [-0.15, -0.1) is 11.3 Å². The molecule has 1 N–H and O–H groups in total. The van der Waals surface area contributed by atoms with Gasteiger partial charge >= 0.3 is 5.97 Å². The van der Waals surface area contributed by atoms with E-state index in [1.54, 1.807) is 6.92 Å². The van der Waals surface area contributed by atoms with Crippen molar-refractivity contribution in [1.82, 2.24) is 4.98 Å². The summed E-state index contributed by atoms with van der Waals surface area (Å²) in [5.41, 5.74) is 0.480. The Labute approximate surface area is 79.2 Å². The highest BCUT2D eigenvalue weighted by molar-refractivity contribution is 7.13. The van der Waals surface area contributed by atoms with E-state index in [-0.39, 0.29) is 17.1 Å². The summed E-state index contributed by atoms with van der Waals surface area (Å²) >= 11 is 1.06. The smallest absolute Gasteiger partial charge is 0.347 e. The van der Waals surface area contributed by atoms with Gasteiger partial charge in [-0.2, -0.15) is 0 Å². The van der Waals surface area contributed by atoms with Crippen LogP contribution in [-0.4, -0.2) is 21.8 Å². The molecule has 0 saturated carbocycles. The monoisotopic (exact) mass is 199 g/mol. The quantitative estimate of drug-likeness (QED) is 0.796. The second kappa shape index (κ2) is 3.66. The van der Waals surface area contributed by atoms with Gasteiger partial charge in [-0.05, 0) is 13.8 Å². The third kappa shape index (κ3) is 2.35. The summed E-state index contributed by atoms with van der Waals surface area (Å²) in [7, 11) is 0. The van der Waals surface area contributed by atoms with E-state index < -0.39 is 5.97 Å². The molecule has 0 atom stereocenters. The summed E-state index contributed by atoms with van der Waals surface area (Å²) in [4.78, 5) is 25.5. The van der Waals surface area contributed by atoms with Crippen LogP contribution in [-0.2, 0) is 11.2 Å². The largest absolute Gasteiger partial charge is 0.477 e. The molecule has 1 heterocycles. The summed E-state index contributed by atoms with van der Waals surface area (Å²) in [5, 5.41) is 9.27. The van der Waals surface area contributed by atoms with Crippen LogP contribution in [0.3, 0.4) is 0 Å². The van der Waals surface area contributed by atoms with Gasteiger partial charge in [0.1, 0.15) is 15.7 Å². The van der Waals surface area contributed by atoms with Crippen LogP contribution in [0, 0.1) is 6.92 Å². The van der Waals surface area contributed by atoms with Crippen molar-refractivity contribution in [3.63, 3.8) is 0 Å². The zero-order valence-corrected chi connectivity index (χ0v) is 8.14. The summed E-state index contributed by atoms with van der Waals surface area (Å²) in [6.07, 6.45) is 0.221. The standard InChI is InChI=1S/C8H9NO3S/c1-4(10)3-6-9-5(2)7(13-6)8(11)12/h3H2,1-2H3,(H,11,12). The van der Waals surface area contributed by atoms with Crippen molar-refractivity contribution in [2.24, 2.45) is 0 Å². The van der Waals surface area contributed by atoms with E-state index in [1.165, 1.54) is 6.92 Å². The number of carboxylic acids is 1. The van der Waals surface area contributed by atoms with Crippen molar-refractivity contribution >= 4 is 23.1 Å². The van der Waals surface area contributed by atoms with E-state index in [4.69, 9.17) is 5.11 Å². The van der Waals surface area contributed by atoms with Crippen molar-refractivity contribution in [2.75, 3.05) is 0 Å². The predicted octanol–water partition coefficient (Wildman–Crippen LogP) is 1.28. The van der Waals surface area contributed by atoms with Crippen molar-refractivity contribution in [3.05, 3.63) is 15.6 Å². The second-order valence-electron chi connectivity index (χ2n) is 2.71. The number of carbonyl (C=O) groups excluding carboxylic acids is 1. The summed E-state index contributed by atoms with van der Waals surface area (Å²) in [5.74, 6) is -0.990. The number of aromatic carboxylic acids is 1. The van der Waals surface area contributed by atoms with Crippen LogP contribution < -0.4 is 0 Å². The Kier molecular flexibility index (Phi) is 2.77. The van der Waals surface area contributed by atoms with Crippen molar-refractivity contribution in [2.45, 2.75) is 20.3 Å².